The number of carbonyl (C=O) groups excluding carboxylic acids is 1. The van der Waals surface area contributed by atoms with Crippen LogP contribution in [0.1, 0.15) is 52.1 Å². The molecule has 192 valence electrons. The molecule has 1 aliphatic carbocycles. The minimum Gasteiger partial charge on any atom is -0.493 e. The molecule has 0 unspecified atom stereocenters. The van der Waals surface area contributed by atoms with E-state index in [2.05, 4.69) is 15.3 Å². The predicted octanol–water partition coefficient (Wildman–Crippen LogP) is 7.06. The summed E-state index contributed by atoms with van der Waals surface area (Å²) in [7, 11) is 0. The lowest BCUT2D eigenvalue weighted by Gasteiger charge is -2.22. The van der Waals surface area contributed by atoms with E-state index >= 15 is 0 Å². The molecule has 0 spiro atoms. The van der Waals surface area contributed by atoms with Gasteiger partial charge in [-0.3, -0.25) is 0 Å². The number of hydrogen-bond donors (Lipinski definition) is 1. The Labute approximate surface area is 216 Å². The Balaban J connectivity index is 1.24. The number of carbonyl (C=O) groups is 1. The van der Waals surface area contributed by atoms with Gasteiger partial charge in [-0.15, -0.1) is 0 Å². The summed E-state index contributed by atoms with van der Waals surface area (Å²) < 4.78 is 23.1. The molecule has 0 aliphatic heterocycles. The van der Waals surface area contributed by atoms with Gasteiger partial charge >= 0.3 is 6.09 Å². The molecule has 2 heterocycles. The van der Waals surface area contributed by atoms with Crippen molar-refractivity contribution in [2.24, 2.45) is 5.92 Å². The molecular formula is C29H31N3O5. The molecule has 0 radical (unpaired) electrons. The van der Waals surface area contributed by atoms with Crippen LogP contribution in [0, 0.1) is 5.92 Å². The lowest BCUT2D eigenvalue weighted by molar-refractivity contribution is 0.0508. The van der Waals surface area contributed by atoms with Crippen LogP contribution < -0.4 is 14.8 Å². The van der Waals surface area contributed by atoms with Crippen molar-refractivity contribution in [3.8, 4) is 28.8 Å². The van der Waals surface area contributed by atoms with Crippen molar-refractivity contribution in [3.05, 3.63) is 66.4 Å². The molecule has 2 aromatic carbocycles. The van der Waals surface area contributed by atoms with Crippen LogP contribution in [-0.4, -0.2) is 28.3 Å². The zero-order chi connectivity index (χ0) is 26.0. The van der Waals surface area contributed by atoms with E-state index in [1.165, 1.54) is 12.8 Å². The van der Waals surface area contributed by atoms with Gasteiger partial charge in [0.15, 0.2) is 5.58 Å². The minimum absolute atomic E-state index is 0.261. The summed E-state index contributed by atoms with van der Waals surface area (Å²) in [5.74, 6) is 3.06. The monoisotopic (exact) mass is 501 g/mol. The molecule has 1 amide bonds. The lowest BCUT2D eigenvalue weighted by Crippen LogP contribution is -2.34. The van der Waals surface area contributed by atoms with Gasteiger partial charge in [0.05, 0.1) is 18.2 Å². The number of hydrogen-bond acceptors (Lipinski definition) is 7. The molecule has 2 aromatic heterocycles. The van der Waals surface area contributed by atoms with E-state index in [-0.39, 0.29) is 6.04 Å². The van der Waals surface area contributed by atoms with Gasteiger partial charge in [0.25, 0.3) is 0 Å². The van der Waals surface area contributed by atoms with Gasteiger partial charge in [-0.25, -0.2) is 14.8 Å². The molecule has 4 aromatic rings. The molecule has 0 bridgehead atoms. The van der Waals surface area contributed by atoms with Crippen molar-refractivity contribution in [1.29, 1.82) is 0 Å². The molecule has 8 heteroatoms. The molecule has 0 saturated heterocycles. The van der Waals surface area contributed by atoms with E-state index in [9.17, 15) is 4.79 Å². The summed E-state index contributed by atoms with van der Waals surface area (Å²) in [4.78, 5) is 21.1. The standard InChI is InChI=1S/C29H31N3O5/c1-18(31-28(33)37-29(2,3)4)20-10-12-24-25(14-20)36-27(32-24)21-11-13-26(30-16-21)35-23-7-5-6-22(15-23)34-17-19-8-9-19/h5-7,10-16,18-19H,8-9,17H2,1-4H3,(H,31,33)/t18-/m0/s1. The van der Waals surface area contributed by atoms with Crippen LogP contribution in [-0.2, 0) is 4.74 Å². The van der Waals surface area contributed by atoms with Gasteiger partial charge in [-0.2, -0.15) is 0 Å². The van der Waals surface area contributed by atoms with Gasteiger partial charge in [-0.1, -0.05) is 12.1 Å². The smallest absolute Gasteiger partial charge is 0.408 e. The first-order chi connectivity index (χ1) is 17.7. The van der Waals surface area contributed by atoms with Crippen LogP contribution in [0.15, 0.2) is 65.2 Å². The van der Waals surface area contributed by atoms with E-state index in [0.29, 0.717) is 34.5 Å². The normalized spacial score (nSPS) is 14.3. The summed E-state index contributed by atoms with van der Waals surface area (Å²) in [6.45, 7) is 8.13. The average molecular weight is 502 g/mol. The highest BCUT2D eigenvalue weighted by atomic mass is 16.6. The fraction of sp³-hybridized carbons (Fsp3) is 0.345. The first-order valence-electron chi connectivity index (χ1n) is 12.5. The number of alkyl carbamates (subject to hydrolysis) is 1. The average Bonchev–Trinajstić information content (AvgIpc) is 3.58. The maximum absolute atomic E-state index is 12.1. The van der Waals surface area contributed by atoms with Crippen LogP contribution in [0.2, 0.25) is 0 Å². The Bertz CT molecular complexity index is 1390. The van der Waals surface area contributed by atoms with E-state index in [0.717, 1.165) is 23.5 Å². The van der Waals surface area contributed by atoms with Gasteiger partial charge in [-0.05, 0) is 82.3 Å². The molecule has 1 atom stereocenters. The van der Waals surface area contributed by atoms with E-state index < -0.39 is 11.7 Å². The highest BCUT2D eigenvalue weighted by Gasteiger charge is 2.22. The lowest BCUT2D eigenvalue weighted by atomic mass is 10.1. The van der Waals surface area contributed by atoms with Crippen LogP contribution >= 0.6 is 0 Å². The quantitative estimate of drug-likeness (QED) is 0.276. The highest BCUT2D eigenvalue weighted by molar-refractivity contribution is 5.77. The number of ether oxygens (including phenoxy) is 3. The topological polar surface area (TPSA) is 95.7 Å². The maximum Gasteiger partial charge on any atom is 0.408 e. The molecule has 1 fully saturated rings. The van der Waals surface area contributed by atoms with Crippen LogP contribution in [0.3, 0.4) is 0 Å². The van der Waals surface area contributed by atoms with E-state index in [4.69, 9.17) is 18.6 Å². The highest BCUT2D eigenvalue weighted by Crippen LogP contribution is 2.31. The number of fused-ring (bicyclic) bond motifs is 1. The number of pyridine rings is 1. The van der Waals surface area contributed by atoms with Gasteiger partial charge in [0, 0.05) is 18.3 Å². The Hall–Kier alpha value is -4.07. The second-order valence-electron chi connectivity index (χ2n) is 10.3. The number of nitrogens with zero attached hydrogens (tertiary/aromatic N) is 2. The number of benzene rings is 2. The summed E-state index contributed by atoms with van der Waals surface area (Å²) >= 11 is 0. The van der Waals surface area contributed by atoms with Crippen molar-refractivity contribution in [1.82, 2.24) is 15.3 Å². The third-order valence-corrected chi connectivity index (χ3v) is 5.84. The van der Waals surface area contributed by atoms with Gasteiger partial charge in [0.1, 0.15) is 22.6 Å². The zero-order valence-corrected chi connectivity index (χ0v) is 21.5. The zero-order valence-electron chi connectivity index (χ0n) is 21.5. The molecule has 1 aliphatic rings. The molecule has 1 N–H and O–H groups in total. The molecular weight excluding hydrogens is 470 g/mol. The Morgan fingerprint density at radius 2 is 1.92 bits per heavy atom. The second-order valence-corrected chi connectivity index (χ2v) is 10.3. The third kappa shape index (κ3) is 6.58. The number of amides is 1. The predicted molar refractivity (Wildman–Crippen MR) is 140 cm³/mol. The number of rotatable bonds is 8. The fourth-order valence-corrected chi connectivity index (χ4v) is 3.72. The van der Waals surface area contributed by atoms with Crippen LogP contribution in [0.5, 0.6) is 17.4 Å². The first kappa shape index (κ1) is 24.6. The van der Waals surface area contributed by atoms with Crippen molar-refractivity contribution in [2.45, 2.75) is 52.2 Å². The van der Waals surface area contributed by atoms with Crippen LogP contribution in [0.4, 0.5) is 4.79 Å². The Kier molecular flexibility index (Phi) is 6.74. The molecule has 37 heavy (non-hydrogen) atoms. The van der Waals surface area contributed by atoms with Crippen LogP contribution in [0.25, 0.3) is 22.6 Å². The summed E-state index contributed by atoms with van der Waals surface area (Å²) in [5, 5.41) is 2.85. The SMILES string of the molecule is C[C@H](NC(=O)OC(C)(C)C)c1ccc2nc(-c3ccc(Oc4cccc(OCC5CC5)c4)nc3)oc2c1. The minimum atomic E-state index is -0.559. The summed E-state index contributed by atoms with van der Waals surface area (Å²) in [5.41, 5.74) is 2.38. The Morgan fingerprint density at radius 1 is 1.11 bits per heavy atom. The number of oxazole rings is 1. The first-order valence-corrected chi connectivity index (χ1v) is 12.5. The van der Waals surface area contributed by atoms with Crippen molar-refractivity contribution >= 4 is 17.2 Å². The largest absolute Gasteiger partial charge is 0.493 e. The number of aromatic nitrogens is 2. The molecule has 5 rings (SSSR count). The van der Waals surface area contributed by atoms with Crippen molar-refractivity contribution in [3.63, 3.8) is 0 Å². The molecule has 8 nitrogen and oxygen atoms in total. The third-order valence-electron chi connectivity index (χ3n) is 5.84. The van der Waals surface area contributed by atoms with Crippen molar-refractivity contribution in [2.75, 3.05) is 6.61 Å². The van der Waals surface area contributed by atoms with E-state index in [1.807, 2.05) is 76.2 Å². The maximum atomic E-state index is 12.1. The van der Waals surface area contributed by atoms with Gasteiger partial charge in [0.2, 0.25) is 11.8 Å². The Morgan fingerprint density at radius 3 is 2.65 bits per heavy atom. The fourth-order valence-electron chi connectivity index (χ4n) is 3.72. The van der Waals surface area contributed by atoms with Crippen molar-refractivity contribution < 1.29 is 23.4 Å². The number of nitrogens with one attached hydrogen (secondary N) is 1. The summed E-state index contributed by atoms with van der Waals surface area (Å²) in [6, 6.07) is 16.6. The molecule has 1 saturated carbocycles. The summed E-state index contributed by atoms with van der Waals surface area (Å²) in [6.07, 6.45) is 3.70. The second kappa shape index (κ2) is 10.1. The van der Waals surface area contributed by atoms with Gasteiger partial charge < -0.3 is 23.9 Å². The van der Waals surface area contributed by atoms with E-state index in [1.54, 1.807) is 12.3 Å².